The molecule has 0 aliphatic carbocycles. The van der Waals surface area contributed by atoms with E-state index >= 15 is 38.4 Å². The lowest BCUT2D eigenvalue weighted by atomic mass is 10.2. The van der Waals surface area contributed by atoms with Crippen molar-refractivity contribution in [3.05, 3.63) is 234 Å². The van der Waals surface area contributed by atoms with Crippen LogP contribution in [0.5, 0.6) is 17.2 Å². The van der Waals surface area contributed by atoms with Gasteiger partial charge in [-0.05, 0) is 72.4 Å². The maximum absolute atomic E-state index is 15.6. The first-order valence-corrected chi connectivity index (χ1v) is 46.8. The third-order valence-corrected chi connectivity index (χ3v) is 22.3. The second kappa shape index (κ2) is 62.5. The van der Waals surface area contributed by atoms with Crippen LogP contribution in [-0.2, 0) is 145 Å². The highest BCUT2D eigenvalue weighted by Crippen LogP contribution is 2.19. The van der Waals surface area contributed by atoms with Gasteiger partial charge in [0.2, 0.25) is 70.9 Å². The first-order chi connectivity index (χ1) is 69.0. The number of nitrogens with two attached hydrogens (primary N) is 1. The summed E-state index contributed by atoms with van der Waals surface area (Å²) >= 11 is 0. The van der Waals surface area contributed by atoms with Crippen LogP contribution in [0.3, 0.4) is 0 Å². The van der Waals surface area contributed by atoms with Gasteiger partial charge in [0.25, 0.3) is 0 Å². The normalized spacial score (nSPS) is 11.0. The summed E-state index contributed by atoms with van der Waals surface area (Å²) in [7, 11) is 8.57. The number of rotatable bonds is 69. The van der Waals surface area contributed by atoms with E-state index in [1.807, 2.05) is 97.1 Å². The molecular weight excluding hydrogens is 1830 g/mol. The highest BCUT2D eigenvalue weighted by Gasteiger charge is 2.34. The fraction of sp³-hybridized carbons (Fsp3) is 0.455. The molecule has 0 saturated carbocycles. The zero-order chi connectivity index (χ0) is 101. The Morgan fingerprint density at radius 1 is 0.275 bits per heavy atom. The van der Waals surface area contributed by atoms with E-state index in [0.717, 1.165) is 5.56 Å². The monoisotopic (exact) mass is 1960 g/mol. The second-order valence-electron chi connectivity index (χ2n) is 33.1. The van der Waals surface area contributed by atoms with Gasteiger partial charge in [-0.2, -0.15) is 0 Å². The van der Waals surface area contributed by atoms with Gasteiger partial charge in [0, 0.05) is 141 Å². The minimum Gasteiger partial charge on any atom is -0.487 e. The highest BCUT2D eigenvalue weighted by molar-refractivity contribution is 5.95. The van der Waals surface area contributed by atoms with E-state index in [1.165, 1.54) is 96.6 Å². The van der Waals surface area contributed by atoms with Crippen LogP contribution in [0.2, 0.25) is 0 Å². The molecule has 6 aromatic carbocycles. The number of para-hydroxylation sites is 3. The first kappa shape index (κ1) is 111. The molecule has 0 saturated heterocycles. The summed E-state index contributed by atoms with van der Waals surface area (Å²) in [6, 6.07) is 54.1. The SMILES string of the molecule is COCCNCC(=O)N(CC(=O)N(CCCn1cc(COc2ccccc2)nn1)CC(=O)N(CCOC)CC(=O)N(CCOC)CC(=O)N(CC(=O)N(CCCn1cc(COc2ccccc2)nn1)CC(=O)N(CCOC)CC(=O)N(CCOC)CC(=O)N(CC(=O)N(CCCn1cc(COc2ccccc2)nn1)CC(=O)N(CCOC)CC(N)=O)Cc1ccccc1)Cc1ccccc1)Cc1ccccc1. The Hall–Kier alpha value is -14.5. The minimum atomic E-state index is -0.804. The number of primary amides is 1. The van der Waals surface area contributed by atoms with E-state index in [1.54, 1.807) is 118 Å². The summed E-state index contributed by atoms with van der Waals surface area (Å²) in [6.45, 7) is -6.85. The average Bonchev–Trinajstić information content (AvgIpc) is 1.01. The number of benzene rings is 6. The number of amides is 12. The minimum absolute atomic E-state index is 0.0268. The summed E-state index contributed by atoms with van der Waals surface area (Å²) in [5.41, 5.74) is 9.07. The number of aryl methyl sites for hydroxylation is 3. The Morgan fingerprint density at radius 3 is 0.739 bits per heavy atom. The molecule has 3 aromatic heterocycles. The van der Waals surface area contributed by atoms with Crippen molar-refractivity contribution < 1.29 is 100 Å². The molecule has 9 rings (SSSR count). The number of ether oxygens (including phenoxy) is 9. The molecule has 764 valence electrons. The van der Waals surface area contributed by atoms with Crippen molar-refractivity contribution >= 4 is 70.9 Å². The van der Waals surface area contributed by atoms with Crippen LogP contribution in [0.4, 0.5) is 0 Å². The number of hydrogen-bond acceptors (Lipinski definition) is 28. The van der Waals surface area contributed by atoms with E-state index in [2.05, 4.69) is 36.3 Å². The van der Waals surface area contributed by atoms with Crippen LogP contribution in [0.1, 0.15) is 53.0 Å². The Morgan fingerprint density at radius 2 is 0.493 bits per heavy atom. The quantitative estimate of drug-likeness (QED) is 0.0517. The van der Waals surface area contributed by atoms with E-state index in [4.69, 9.17) is 48.4 Å². The topological polar surface area (TPSA) is 454 Å². The zero-order valence-electron chi connectivity index (χ0n) is 81.7. The van der Waals surface area contributed by atoms with E-state index in [-0.39, 0.29) is 170 Å². The Labute approximate surface area is 826 Å². The number of aromatic nitrogens is 9. The molecule has 142 heavy (non-hydrogen) atoms. The van der Waals surface area contributed by atoms with Gasteiger partial charge >= 0.3 is 0 Å². The molecule has 0 radical (unpaired) electrons. The standard InChI is InChI=1S/C99H132N22O21/c1-134-52-40-101-58-89(123)116(59-79-28-13-7-14-29-79)73-95(129)109(42-26-45-120-63-83(103-106-120)77-141-86-36-21-11-22-37-86)67-91(125)112(48-54-136-3)69-93(127)115(51-57-139-6)72-99(133)118(61-81-32-17-9-18-33-81)75-97(131)110(43-27-46-121-64-84(104-107-121)78-142-87-38-23-12-24-39-87)68-92(126)113(49-55-137-4)70-94(128)114(50-56-138-5)71-98(132)117(60-80-30-15-8-16-31-80)74-96(130)108(66-90(124)111(47-53-135-2)65-88(100)122)41-25-44-119-62-82(102-105-119)76-140-85-34-19-10-20-35-85/h7-24,28-39,62-64,101H,25-27,40-61,65-78H2,1-6H3,(H2,100,122). The molecule has 43 heteroatoms. The van der Waals surface area contributed by atoms with Crippen LogP contribution in [0, 0.1) is 0 Å². The van der Waals surface area contributed by atoms with Gasteiger partial charge in [0.05, 0.1) is 117 Å². The summed E-state index contributed by atoms with van der Waals surface area (Å²) in [5.74, 6) is -6.34. The van der Waals surface area contributed by atoms with Crippen molar-refractivity contribution in [3.8, 4) is 17.2 Å². The van der Waals surface area contributed by atoms with Crippen LogP contribution < -0.4 is 25.3 Å². The lowest BCUT2D eigenvalue weighted by molar-refractivity contribution is -0.150. The molecular formula is C99H132N22O21. The average molecular weight is 1970 g/mol. The van der Waals surface area contributed by atoms with Crippen LogP contribution >= 0.6 is 0 Å². The number of methoxy groups -OCH3 is 6. The van der Waals surface area contributed by atoms with Crippen LogP contribution in [0.25, 0.3) is 0 Å². The number of hydrogen-bond donors (Lipinski definition) is 2. The van der Waals surface area contributed by atoms with Crippen molar-refractivity contribution in [3.63, 3.8) is 0 Å². The molecule has 43 nitrogen and oxygen atoms in total. The third-order valence-electron chi connectivity index (χ3n) is 22.3. The van der Waals surface area contributed by atoms with Crippen molar-refractivity contribution in [1.29, 1.82) is 0 Å². The Balaban J connectivity index is 0.955. The van der Waals surface area contributed by atoms with E-state index in [0.29, 0.717) is 58.6 Å². The maximum Gasteiger partial charge on any atom is 0.242 e. The summed E-state index contributed by atoms with van der Waals surface area (Å²) in [6.07, 6.45) is 5.70. The van der Waals surface area contributed by atoms with Gasteiger partial charge < -0.3 is 108 Å². The van der Waals surface area contributed by atoms with Gasteiger partial charge in [0.1, 0.15) is 73.8 Å². The van der Waals surface area contributed by atoms with Gasteiger partial charge in [0.15, 0.2) is 0 Å². The Bertz CT molecular complexity index is 5310. The maximum atomic E-state index is 15.6. The summed E-state index contributed by atoms with van der Waals surface area (Å²) in [5, 5.41) is 28.7. The lowest BCUT2D eigenvalue weighted by Crippen LogP contribution is -2.53. The third kappa shape index (κ3) is 40.4. The van der Waals surface area contributed by atoms with Gasteiger partial charge in [-0.25, -0.2) is 0 Å². The van der Waals surface area contributed by atoms with Crippen molar-refractivity contribution in [2.75, 3.05) is 220 Å². The molecule has 0 unspecified atom stereocenters. The smallest absolute Gasteiger partial charge is 0.242 e. The number of carbonyl (C=O) groups is 12. The van der Waals surface area contributed by atoms with Crippen molar-refractivity contribution in [1.82, 2.24) is 104 Å². The zero-order valence-corrected chi connectivity index (χ0v) is 81.7. The second-order valence-corrected chi connectivity index (χ2v) is 33.1. The molecule has 0 aliphatic heterocycles. The van der Waals surface area contributed by atoms with Crippen molar-refractivity contribution in [2.24, 2.45) is 5.73 Å². The van der Waals surface area contributed by atoms with Crippen LogP contribution in [-0.4, -0.2) is 390 Å². The summed E-state index contributed by atoms with van der Waals surface area (Å²) in [4.78, 5) is 192. The largest absolute Gasteiger partial charge is 0.487 e. The molecule has 12 amide bonds. The molecule has 0 bridgehead atoms. The molecule has 0 atom stereocenters. The Kier molecular flexibility index (Phi) is 48.9. The van der Waals surface area contributed by atoms with Crippen molar-refractivity contribution in [2.45, 2.75) is 78.4 Å². The van der Waals surface area contributed by atoms with E-state index in [9.17, 15) is 19.2 Å². The predicted molar refractivity (Wildman–Crippen MR) is 518 cm³/mol. The van der Waals surface area contributed by atoms with Gasteiger partial charge in [-0.3, -0.25) is 71.6 Å². The lowest BCUT2D eigenvalue weighted by Gasteiger charge is -2.33. The summed E-state index contributed by atoms with van der Waals surface area (Å²) < 4.78 is 54.8. The molecule has 0 aliphatic rings. The van der Waals surface area contributed by atoms with Gasteiger partial charge in [-0.1, -0.05) is 161 Å². The molecule has 3 heterocycles. The van der Waals surface area contributed by atoms with E-state index < -0.39 is 143 Å². The first-order valence-electron chi connectivity index (χ1n) is 46.8. The molecule has 0 fully saturated rings. The number of nitrogens with zero attached hydrogens (tertiary/aromatic N) is 20. The van der Waals surface area contributed by atoms with Gasteiger partial charge in [-0.15, -0.1) is 15.3 Å². The number of nitrogens with one attached hydrogen (secondary N) is 1. The predicted octanol–water partition coefficient (Wildman–Crippen LogP) is 2.44. The molecule has 9 aromatic rings. The fourth-order valence-electron chi connectivity index (χ4n) is 14.6. The molecule has 0 spiro atoms. The number of carbonyl (C=O) groups excluding carboxylic acids is 12. The molecule has 3 N–H and O–H groups in total. The highest BCUT2D eigenvalue weighted by atomic mass is 16.5. The van der Waals surface area contributed by atoms with Crippen LogP contribution in [0.15, 0.2) is 201 Å². The fourth-order valence-corrected chi connectivity index (χ4v) is 14.6.